The summed E-state index contributed by atoms with van der Waals surface area (Å²) in [5.41, 5.74) is 0.519. The van der Waals surface area contributed by atoms with Crippen LogP contribution in [0.25, 0.3) is 0 Å². The summed E-state index contributed by atoms with van der Waals surface area (Å²) in [6.45, 7) is 1.36. The molecule has 7 nitrogen and oxygen atoms in total. The van der Waals surface area contributed by atoms with E-state index in [1.807, 2.05) is 0 Å². The number of anilines is 1. The quantitative estimate of drug-likeness (QED) is 0.699. The number of esters is 1. The van der Waals surface area contributed by atoms with E-state index in [0.29, 0.717) is 11.5 Å². The lowest BCUT2D eigenvalue weighted by Crippen LogP contribution is -2.15. The van der Waals surface area contributed by atoms with Crippen LogP contribution in [0.15, 0.2) is 6.20 Å². The first-order valence-corrected chi connectivity index (χ1v) is 4.42. The lowest BCUT2D eigenvalue weighted by Gasteiger charge is -2.06. The molecule has 0 fully saturated rings. The number of aromatic nitrogens is 2. The van der Waals surface area contributed by atoms with Crippen LogP contribution in [0.4, 0.5) is 5.82 Å². The van der Waals surface area contributed by atoms with Crippen molar-refractivity contribution in [3.63, 3.8) is 0 Å². The number of carbonyl (C=O) groups excluding carboxylic acids is 1. The molecule has 1 heterocycles. The molecule has 7 heteroatoms. The van der Waals surface area contributed by atoms with Crippen molar-refractivity contribution in [2.75, 3.05) is 19.0 Å². The molecule has 86 valence electrons. The van der Waals surface area contributed by atoms with Crippen molar-refractivity contribution in [3.8, 4) is 0 Å². The summed E-state index contributed by atoms with van der Waals surface area (Å²) in [5.74, 6) is -1.26. The second-order valence-corrected chi connectivity index (χ2v) is 2.93. The smallest absolute Gasteiger partial charge is 0.358 e. The second kappa shape index (κ2) is 5.06. The van der Waals surface area contributed by atoms with Gasteiger partial charge in [0.2, 0.25) is 0 Å². The van der Waals surface area contributed by atoms with Gasteiger partial charge in [0.25, 0.3) is 0 Å². The van der Waals surface area contributed by atoms with Crippen LogP contribution in [-0.4, -0.2) is 40.7 Å². The second-order valence-electron chi connectivity index (χ2n) is 2.93. The summed E-state index contributed by atoms with van der Waals surface area (Å²) < 4.78 is 4.47. The average Bonchev–Trinajstić information content (AvgIpc) is 2.26. The van der Waals surface area contributed by atoms with Crippen molar-refractivity contribution >= 4 is 17.8 Å². The molecule has 0 spiro atoms. The SMILES string of the molecule is COC(=O)c1cnc(NCC(=O)O)c(C)n1. The van der Waals surface area contributed by atoms with Crippen molar-refractivity contribution < 1.29 is 19.4 Å². The number of ether oxygens (including phenoxy) is 1. The summed E-state index contributed by atoms with van der Waals surface area (Å²) in [7, 11) is 1.25. The number of nitrogens with zero attached hydrogens (tertiary/aromatic N) is 2. The van der Waals surface area contributed by atoms with Gasteiger partial charge < -0.3 is 15.2 Å². The van der Waals surface area contributed by atoms with Crippen LogP contribution in [0, 0.1) is 6.92 Å². The number of aliphatic carboxylic acids is 1. The summed E-state index contributed by atoms with van der Waals surface area (Å²) >= 11 is 0. The van der Waals surface area contributed by atoms with E-state index in [4.69, 9.17) is 5.11 Å². The third-order valence-corrected chi connectivity index (χ3v) is 1.75. The molecule has 0 atom stereocenters. The van der Waals surface area contributed by atoms with Crippen molar-refractivity contribution in [1.82, 2.24) is 9.97 Å². The van der Waals surface area contributed by atoms with Gasteiger partial charge >= 0.3 is 11.9 Å². The normalized spacial score (nSPS) is 9.62. The zero-order valence-corrected chi connectivity index (χ0v) is 8.85. The topological polar surface area (TPSA) is 101 Å². The summed E-state index contributed by atoms with van der Waals surface area (Å²) in [4.78, 5) is 29.2. The number of rotatable bonds is 4. The third kappa shape index (κ3) is 2.91. The van der Waals surface area contributed by atoms with E-state index in [1.54, 1.807) is 6.92 Å². The highest BCUT2D eigenvalue weighted by atomic mass is 16.5. The van der Waals surface area contributed by atoms with Gasteiger partial charge in [0, 0.05) is 0 Å². The monoisotopic (exact) mass is 225 g/mol. The first-order chi connectivity index (χ1) is 7.54. The largest absolute Gasteiger partial charge is 0.480 e. The van der Waals surface area contributed by atoms with E-state index >= 15 is 0 Å². The molecule has 0 aliphatic heterocycles. The molecule has 0 radical (unpaired) electrons. The van der Waals surface area contributed by atoms with Crippen LogP contribution in [-0.2, 0) is 9.53 Å². The maximum Gasteiger partial charge on any atom is 0.358 e. The van der Waals surface area contributed by atoms with Crippen LogP contribution >= 0.6 is 0 Å². The van der Waals surface area contributed by atoms with Gasteiger partial charge in [-0.05, 0) is 6.92 Å². The number of hydrogen-bond acceptors (Lipinski definition) is 6. The summed E-state index contributed by atoms with van der Waals surface area (Å²) in [6, 6.07) is 0. The van der Waals surface area contributed by atoms with Gasteiger partial charge in [-0.2, -0.15) is 0 Å². The van der Waals surface area contributed by atoms with Crippen LogP contribution in [0.3, 0.4) is 0 Å². The van der Waals surface area contributed by atoms with Gasteiger partial charge in [0.15, 0.2) is 5.69 Å². The minimum absolute atomic E-state index is 0.0841. The van der Waals surface area contributed by atoms with Crippen LogP contribution in [0.5, 0.6) is 0 Å². The highest BCUT2D eigenvalue weighted by molar-refractivity contribution is 5.87. The number of carboxylic acid groups (broad SMARTS) is 1. The molecule has 1 aromatic rings. The predicted octanol–water partition coefficient (Wildman–Crippen LogP) is 0.0681. The number of carboxylic acids is 1. The molecule has 0 saturated carbocycles. The minimum atomic E-state index is -1.00. The highest BCUT2D eigenvalue weighted by Gasteiger charge is 2.10. The molecule has 0 aliphatic rings. The van der Waals surface area contributed by atoms with Gasteiger partial charge in [-0.25, -0.2) is 14.8 Å². The molecule has 0 bridgehead atoms. The van der Waals surface area contributed by atoms with Gasteiger partial charge in [0.1, 0.15) is 12.4 Å². The Morgan fingerprint density at radius 1 is 1.56 bits per heavy atom. The molecule has 1 rings (SSSR count). The van der Waals surface area contributed by atoms with Crippen molar-refractivity contribution in [2.24, 2.45) is 0 Å². The molecule has 2 N–H and O–H groups in total. The van der Waals surface area contributed by atoms with Gasteiger partial charge in [-0.15, -0.1) is 0 Å². The van der Waals surface area contributed by atoms with Gasteiger partial charge in [-0.3, -0.25) is 4.79 Å². The van der Waals surface area contributed by atoms with E-state index in [9.17, 15) is 9.59 Å². The maximum absolute atomic E-state index is 11.1. The first kappa shape index (κ1) is 11.9. The molecule has 0 aromatic carbocycles. The standard InChI is InChI=1S/C9H11N3O4/c1-5-8(11-4-7(13)14)10-3-6(12-5)9(15)16-2/h3H,4H2,1-2H3,(H,10,11)(H,13,14). The average molecular weight is 225 g/mol. The number of hydrogen-bond donors (Lipinski definition) is 2. The molecule has 1 aromatic heterocycles. The predicted molar refractivity (Wildman–Crippen MR) is 54.2 cm³/mol. The summed E-state index contributed by atoms with van der Waals surface area (Å²) in [5, 5.41) is 11.0. The fourth-order valence-electron chi connectivity index (χ4n) is 1.02. The van der Waals surface area contributed by atoms with Crippen LogP contribution < -0.4 is 5.32 Å². The van der Waals surface area contributed by atoms with Crippen molar-refractivity contribution in [2.45, 2.75) is 6.92 Å². The zero-order chi connectivity index (χ0) is 12.1. The number of nitrogens with one attached hydrogen (secondary N) is 1. The van der Waals surface area contributed by atoms with E-state index in [-0.39, 0.29) is 12.2 Å². The van der Waals surface area contributed by atoms with Crippen molar-refractivity contribution in [1.29, 1.82) is 0 Å². The fourth-order valence-corrected chi connectivity index (χ4v) is 1.02. The number of carbonyl (C=O) groups is 2. The fraction of sp³-hybridized carbons (Fsp3) is 0.333. The Morgan fingerprint density at radius 2 is 2.25 bits per heavy atom. The van der Waals surface area contributed by atoms with E-state index in [2.05, 4.69) is 20.0 Å². The molecule has 0 amide bonds. The first-order valence-electron chi connectivity index (χ1n) is 4.42. The molecule has 0 saturated heterocycles. The van der Waals surface area contributed by atoms with E-state index < -0.39 is 11.9 Å². The Kier molecular flexibility index (Phi) is 3.76. The Balaban J connectivity index is 2.83. The van der Waals surface area contributed by atoms with Crippen LogP contribution in [0.1, 0.15) is 16.2 Å². The highest BCUT2D eigenvalue weighted by Crippen LogP contribution is 2.08. The minimum Gasteiger partial charge on any atom is -0.480 e. The number of aryl methyl sites for hydroxylation is 1. The molecule has 0 aliphatic carbocycles. The Labute approximate surface area is 91.5 Å². The van der Waals surface area contributed by atoms with Gasteiger partial charge in [0.05, 0.1) is 19.0 Å². The summed E-state index contributed by atoms with van der Waals surface area (Å²) in [6.07, 6.45) is 1.23. The van der Waals surface area contributed by atoms with Crippen molar-refractivity contribution in [3.05, 3.63) is 17.6 Å². The third-order valence-electron chi connectivity index (χ3n) is 1.75. The van der Waals surface area contributed by atoms with E-state index in [0.717, 1.165) is 0 Å². The maximum atomic E-state index is 11.1. The Bertz CT molecular complexity index is 419. The van der Waals surface area contributed by atoms with E-state index in [1.165, 1.54) is 13.3 Å². The zero-order valence-electron chi connectivity index (χ0n) is 8.85. The lowest BCUT2D eigenvalue weighted by atomic mass is 10.4. The molecular weight excluding hydrogens is 214 g/mol. The Hall–Kier alpha value is -2.18. The lowest BCUT2D eigenvalue weighted by molar-refractivity contribution is -0.134. The molecular formula is C9H11N3O4. The van der Waals surface area contributed by atoms with Gasteiger partial charge in [-0.1, -0.05) is 0 Å². The number of methoxy groups -OCH3 is 1. The molecule has 16 heavy (non-hydrogen) atoms. The van der Waals surface area contributed by atoms with Crippen LogP contribution in [0.2, 0.25) is 0 Å². The Morgan fingerprint density at radius 3 is 2.75 bits per heavy atom. The molecule has 0 unspecified atom stereocenters.